The van der Waals surface area contributed by atoms with E-state index in [0.29, 0.717) is 12.3 Å². The van der Waals surface area contributed by atoms with Gasteiger partial charge in [0.25, 0.3) is 0 Å². The second-order valence-corrected chi connectivity index (χ2v) is 4.89. The smallest absolute Gasteiger partial charge is 0.112 e. The van der Waals surface area contributed by atoms with Gasteiger partial charge in [-0.15, -0.1) is 0 Å². The zero-order valence-electron chi connectivity index (χ0n) is 11.8. The summed E-state index contributed by atoms with van der Waals surface area (Å²) in [5, 5.41) is 8.70. The average molecular weight is 255 g/mol. The van der Waals surface area contributed by atoms with Crippen molar-refractivity contribution in [1.82, 2.24) is 9.55 Å². The minimum Gasteiger partial charge on any atom is -0.328 e. The van der Waals surface area contributed by atoms with Gasteiger partial charge < -0.3 is 4.57 Å². The predicted molar refractivity (Wildman–Crippen MR) is 77.9 cm³/mol. The number of hydrogen-bond donors (Lipinski definition) is 0. The Bertz CT molecular complexity index is 573. The highest BCUT2D eigenvalue weighted by molar-refractivity contribution is 5.76. The number of benzene rings is 1. The molecule has 0 fully saturated rings. The van der Waals surface area contributed by atoms with E-state index in [-0.39, 0.29) is 0 Å². The summed E-state index contributed by atoms with van der Waals surface area (Å²) in [6.45, 7) is 5.32. The van der Waals surface area contributed by atoms with Gasteiger partial charge in [0, 0.05) is 18.9 Å². The van der Waals surface area contributed by atoms with Crippen LogP contribution in [0.5, 0.6) is 0 Å². The first-order valence-electron chi connectivity index (χ1n) is 7.13. The predicted octanol–water partition coefficient (Wildman–Crippen LogP) is 4.24. The molecule has 3 heteroatoms. The molecule has 1 aromatic heterocycles. The number of aromatic nitrogens is 2. The number of nitriles is 1. The van der Waals surface area contributed by atoms with Crippen molar-refractivity contribution in [2.24, 2.45) is 0 Å². The summed E-state index contributed by atoms with van der Waals surface area (Å²) in [4.78, 5) is 4.81. The first-order chi connectivity index (χ1) is 9.31. The molecule has 1 heterocycles. The van der Waals surface area contributed by atoms with Crippen molar-refractivity contribution < 1.29 is 0 Å². The Labute approximate surface area is 114 Å². The third kappa shape index (κ3) is 2.78. The zero-order chi connectivity index (χ0) is 13.7. The molecule has 0 bridgehead atoms. The molecule has 0 amide bonds. The summed E-state index contributed by atoms with van der Waals surface area (Å²) in [6, 6.07) is 10.5. The fourth-order valence-electron chi connectivity index (χ4n) is 2.61. The first-order valence-corrected chi connectivity index (χ1v) is 7.13. The van der Waals surface area contributed by atoms with Gasteiger partial charge >= 0.3 is 0 Å². The monoisotopic (exact) mass is 255 g/mol. The van der Waals surface area contributed by atoms with Gasteiger partial charge in [0.15, 0.2) is 0 Å². The molecule has 2 rings (SSSR count). The van der Waals surface area contributed by atoms with Crippen LogP contribution in [-0.4, -0.2) is 9.55 Å². The lowest BCUT2D eigenvalue weighted by molar-refractivity contribution is 0.544. The van der Waals surface area contributed by atoms with E-state index in [4.69, 9.17) is 10.2 Å². The quantitative estimate of drug-likeness (QED) is 0.724. The van der Waals surface area contributed by atoms with Crippen LogP contribution in [0.2, 0.25) is 0 Å². The highest BCUT2D eigenvalue weighted by atomic mass is 15.1. The van der Waals surface area contributed by atoms with Crippen molar-refractivity contribution in [2.45, 2.75) is 52.0 Å². The summed E-state index contributed by atoms with van der Waals surface area (Å²) in [6.07, 6.45) is 3.72. The average Bonchev–Trinajstić information content (AvgIpc) is 2.80. The van der Waals surface area contributed by atoms with Crippen LogP contribution < -0.4 is 0 Å². The summed E-state index contributed by atoms with van der Waals surface area (Å²) in [5.41, 5.74) is 2.27. The number of rotatable bonds is 6. The fraction of sp³-hybridized carbons (Fsp3) is 0.500. The maximum absolute atomic E-state index is 8.70. The van der Waals surface area contributed by atoms with E-state index >= 15 is 0 Å². The van der Waals surface area contributed by atoms with E-state index in [1.54, 1.807) is 0 Å². The van der Waals surface area contributed by atoms with Crippen LogP contribution in [-0.2, 0) is 6.54 Å². The van der Waals surface area contributed by atoms with Crippen molar-refractivity contribution in [3.63, 3.8) is 0 Å². The third-order valence-electron chi connectivity index (χ3n) is 3.71. The Kier molecular flexibility index (Phi) is 4.57. The molecule has 19 heavy (non-hydrogen) atoms. The van der Waals surface area contributed by atoms with Gasteiger partial charge in [-0.3, -0.25) is 0 Å². The zero-order valence-corrected chi connectivity index (χ0v) is 11.8. The molecular weight excluding hydrogens is 234 g/mol. The van der Waals surface area contributed by atoms with Crippen molar-refractivity contribution in [2.75, 3.05) is 0 Å². The van der Waals surface area contributed by atoms with E-state index in [1.807, 2.05) is 6.07 Å². The minimum atomic E-state index is 0.509. The van der Waals surface area contributed by atoms with Crippen molar-refractivity contribution in [3.05, 3.63) is 30.1 Å². The number of aryl methyl sites for hydroxylation is 1. The Hall–Kier alpha value is -1.82. The Morgan fingerprint density at radius 2 is 2.00 bits per heavy atom. The summed E-state index contributed by atoms with van der Waals surface area (Å²) >= 11 is 0. The maximum atomic E-state index is 8.70. The largest absolute Gasteiger partial charge is 0.328 e. The molecule has 0 aliphatic heterocycles. The molecule has 100 valence electrons. The maximum Gasteiger partial charge on any atom is 0.112 e. The van der Waals surface area contributed by atoms with Crippen LogP contribution in [0.4, 0.5) is 0 Å². The second-order valence-electron chi connectivity index (χ2n) is 4.89. The van der Waals surface area contributed by atoms with Crippen LogP contribution >= 0.6 is 0 Å². The Morgan fingerprint density at radius 1 is 1.26 bits per heavy atom. The number of para-hydroxylation sites is 2. The normalized spacial score (nSPS) is 11.1. The summed E-state index contributed by atoms with van der Waals surface area (Å²) in [7, 11) is 0. The van der Waals surface area contributed by atoms with E-state index in [2.05, 4.69) is 42.7 Å². The van der Waals surface area contributed by atoms with Crippen LogP contribution in [0.25, 0.3) is 11.0 Å². The third-order valence-corrected chi connectivity index (χ3v) is 3.71. The SMILES string of the molecule is CCC(CC)c1nc2ccccc2n1CCCC#N. The van der Waals surface area contributed by atoms with Crippen LogP contribution in [0.1, 0.15) is 51.3 Å². The highest BCUT2D eigenvalue weighted by Gasteiger charge is 2.16. The highest BCUT2D eigenvalue weighted by Crippen LogP contribution is 2.27. The number of nitrogens with zero attached hydrogens (tertiary/aromatic N) is 3. The standard InChI is InChI=1S/C16H21N3/c1-3-13(4-2)16-18-14-9-5-6-10-15(14)19(16)12-8-7-11-17/h5-6,9-10,13H,3-4,7-8,12H2,1-2H3. The van der Waals surface area contributed by atoms with E-state index in [1.165, 1.54) is 11.3 Å². The minimum absolute atomic E-state index is 0.509. The molecule has 0 saturated heterocycles. The summed E-state index contributed by atoms with van der Waals surface area (Å²) in [5.74, 6) is 1.69. The van der Waals surface area contributed by atoms with E-state index in [9.17, 15) is 0 Å². The second kappa shape index (κ2) is 6.38. The van der Waals surface area contributed by atoms with Crippen molar-refractivity contribution in [3.8, 4) is 6.07 Å². The first kappa shape index (κ1) is 13.6. The number of imidazole rings is 1. The van der Waals surface area contributed by atoms with Gasteiger partial charge in [0.1, 0.15) is 5.82 Å². The van der Waals surface area contributed by atoms with Crippen LogP contribution in [0.3, 0.4) is 0 Å². The van der Waals surface area contributed by atoms with Gasteiger partial charge in [0.05, 0.1) is 17.1 Å². The van der Waals surface area contributed by atoms with Crippen LogP contribution in [0.15, 0.2) is 24.3 Å². The van der Waals surface area contributed by atoms with Gasteiger partial charge in [-0.1, -0.05) is 26.0 Å². The molecule has 0 radical (unpaired) electrons. The molecule has 0 spiro atoms. The molecule has 0 unspecified atom stereocenters. The molecule has 2 aromatic rings. The number of hydrogen-bond acceptors (Lipinski definition) is 2. The molecule has 0 aliphatic rings. The van der Waals surface area contributed by atoms with Gasteiger partial charge in [-0.2, -0.15) is 5.26 Å². The molecule has 0 saturated carbocycles. The lowest BCUT2D eigenvalue weighted by Gasteiger charge is -2.15. The fourth-order valence-corrected chi connectivity index (χ4v) is 2.61. The Morgan fingerprint density at radius 3 is 2.68 bits per heavy atom. The molecule has 0 aliphatic carbocycles. The molecule has 1 aromatic carbocycles. The van der Waals surface area contributed by atoms with Gasteiger partial charge in [-0.25, -0.2) is 4.98 Å². The molecular formula is C16H21N3. The molecule has 3 nitrogen and oxygen atoms in total. The van der Waals surface area contributed by atoms with Crippen LogP contribution in [0, 0.1) is 11.3 Å². The van der Waals surface area contributed by atoms with Gasteiger partial charge in [0.2, 0.25) is 0 Å². The lowest BCUT2D eigenvalue weighted by atomic mass is 10.0. The van der Waals surface area contributed by atoms with E-state index in [0.717, 1.165) is 31.3 Å². The van der Waals surface area contributed by atoms with Crippen molar-refractivity contribution in [1.29, 1.82) is 5.26 Å². The topological polar surface area (TPSA) is 41.6 Å². The van der Waals surface area contributed by atoms with Gasteiger partial charge in [-0.05, 0) is 31.4 Å². The Balaban J connectivity index is 2.42. The summed E-state index contributed by atoms with van der Waals surface area (Å²) < 4.78 is 2.31. The molecule has 0 N–H and O–H groups in total. The molecule has 0 atom stereocenters. The van der Waals surface area contributed by atoms with Crippen molar-refractivity contribution >= 4 is 11.0 Å². The lowest BCUT2D eigenvalue weighted by Crippen LogP contribution is -2.08. The van der Waals surface area contributed by atoms with E-state index < -0.39 is 0 Å². The number of fused-ring (bicyclic) bond motifs is 1. The number of unbranched alkanes of at least 4 members (excludes halogenated alkanes) is 1.